The van der Waals surface area contributed by atoms with E-state index in [0.717, 1.165) is 0 Å². The fraction of sp³-hybridized carbons (Fsp3) is 0.100. The molecule has 0 saturated carbocycles. The Balaban J connectivity index is 2.03. The minimum Gasteiger partial charge on any atom is -0.381 e. The molecule has 0 fully saturated rings. The van der Waals surface area contributed by atoms with Gasteiger partial charge >= 0.3 is 0 Å². The molecule has 0 aliphatic rings. The zero-order valence-electron chi connectivity index (χ0n) is 14.1. The average Bonchev–Trinajstić information content (AvgIpc) is 2.62. The van der Waals surface area contributed by atoms with Crippen LogP contribution in [0.4, 0.5) is 5.69 Å². The molecule has 0 aliphatic heterocycles. The lowest BCUT2D eigenvalue weighted by Gasteiger charge is -2.27. The Labute approximate surface area is 158 Å². The predicted octanol–water partition coefficient (Wildman–Crippen LogP) is 4.40. The number of hydrogen-bond acceptors (Lipinski definition) is 3. The van der Waals surface area contributed by atoms with E-state index in [4.69, 9.17) is 11.6 Å². The molecule has 1 atom stereocenters. The third kappa shape index (κ3) is 3.75. The van der Waals surface area contributed by atoms with Gasteiger partial charge in [-0.3, -0.25) is 4.72 Å². The number of sulfonamides is 1. The van der Waals surface area contributed by atoms with Crippen molar-refractivity contribution in [3.05, 3.63) is 95.0 Å². The van der Waals surface area contributed by atoms with Crippen LogP contribution in [0.1, 0.15) is 18.1 Å². The number of anilines is 1. The molecular formula is C20H18ClNO3S. The van der Waals surface area contributed by atoms with Crippen molar-refractivity contribution in [1.82, 2.24) is 0 Å². The van der Waals surface area contributed by atoms with Crippen LogP contribution in [0.3, 0.4) is 0 Å². The van der Waals surface area contributed by atoms with Gasteiger partial charge in [0.15, 0.2) is 0 Å². The van der Waals surface area contributed by atoms with E-state index in [0.29, 0.717) is 21.8 Å². The molecule has 6 heteroatoms. The van der Waals surface area contributed by atoms with Gasteiger partial charge < -0.3 is 5.11 Å². The second-order valence-corrected chi connectivity index (χ2v) is 8.17. The van der Waals surface area contributed by atoms with Gasteiger partial charge in [0.05, 0.1) is 10.6 Å². The topological polar surface area (TPSA) is 66.4 Å². The lowest BCUT2D eigenvalue weighted by Crippen LogP contribution is -2.25. The highest BCUT2D eigenvalue weighted by Gasteiger charge is 2.29. The summed E-state index contributed by atoms with van der Waals surface area (Å²) in [5.74, 6) is 0. The fourth-order valence-electron chi connectivity index (χ4n) is 2.75. The molecule has 3 rings (SSSR count). The molecule has 4 nitrogen and oxygen atoms in total. The van der Waals surface area contributed by atoms with Crippen LogP contribution in [-0.2, 0) is 15.6 Å². The number of para-hydroxylation sites is 1. The summed E-state index contributed by atoms with van der Waals surface area (Å²) in [4.78, 5) is 0.0548. The predicted molar refractivity (Wildman–Crippen MR) is 104 cm³/mol. The van der Waals surface area contributed by atoms with Crippen molar-refractivity contribution in [2.45, 2.75) is 17.4 Å². The van der Waals surface area contributed by atoms with Gasteiger partial charge in [-0.1, -0.05) is 66.2 Å². The summed E-state index contributed by atoms with van der Waals surface area (Å²) in [6.07, 6.45) is 0. The van der Waals surface area contributed by atoms with Crippen molar-refractivity contribution >= 4 is 27.3 Å². The summed E-state index contributed by atoms with van der Waals surface area (Å²) in [5.41, 5.74) is 0.0573. The SMILES string of the molecule is CC(O)(c1ccccc1)c1ccccc1NS(=O)(=O)c1cccc(Cl)c1. The molecule has 134 valence electrons. The lowest BCUT2D eigenvalue weighted by atomic mass is 9.87. The van der Waals surface area contributed by atoms with E-state index in [1.807, 2.05) is 18.2 Å². The van der Waals surface area contributed by atoms with E-state index in [-0.39, 0.29) is 4.90 Å². The Morgan fingerprint density at radius 3 is 2.27 bits per heavy atom. The van der Waals surface area contributed by atoms with Gasteiger partial charge in [-0.15, -0.1) is 0 Å². The molecule has 0 amide bonds. The molecule has 3 aromatic carbocycles. The molecular weight excluding hydrogens is 370 g/mol. The molecule has 0 spiro atoms. The highest BCUT2D eigenvalue weighted by Crippen LogP contribution is 2.35. The smallest absolute Gasteiger partial charge is 0.261 e. The van der Waals surface area contributed by atoms with Gasteiger partial charge in [-0.25, -0.2) is 8.42 Å². The van der Waals surface area contributed by atoms with Crippen molar-refractivity contribution in [1.29, 1.82) is 0 Å². The monoisotopic (exact) mass is 387 g/mol. The molecule has 0 saturated heterocycles. The number of nitrogens with one attached hydrogen (secondary N) is 1. The van der Waals surface area contributed by atoms with E-state index in [9.17, 15) is 13.5 Å². The van der Waals surface area contributed by atoms with Crippen LogP contribution < -0.4 is 4.72 Å². The van der Waals surface area contributed by atoms with Crippen molar-refractivity contribution in [3.63, 3.8) is 0 Å². The number of benzene rings is 3. The van der Waals surface area contributed by atoms with Crippen molar-refractivity contribution in [2.24, 2.45) is 0 Å². The zero-order valence-corrected chi connectivity index (χ0v) is 15.6. The summed E-state index contributed by atoms with van der Waals surface area (Å²) >= 11 is 5.91. The normalized spacial score (nSPS) is 13.8. The second kappa shape index (κ2) is 7.11. The number of halogens is 1. The first kappa shape index (κ1) is 18.5. The first-order valence-electron chi connectivity index (χ1n) is 7.96. The van der Waals surface area contributed by atoms with Crippen LogP contribution in [-0.4, -0.2) is 13.5 Å². The van der Waals surface area contributed by atoms with Gasteiger partial charge in [0.1, 0.15) is 5.60 Å². The molecule has 2 N–H and O–H groups in total. The molecule has 26 heavy (non-hydrogen) atoms. The van der Waals surface area contributed by atoms with Crippen LogP contribution >= 0.6 is 11.6 Å². The van der Waals surface area contributed by atoms with E-state index in [1.54, 1.807) is 55.5 Å². The van der Waals surface area contributed by atoms with Gasteiger partial charge in [0.2, 0.25) is 0 Å². The van der Waals surface area contributed by atoms with Gasteiger partial charge in [0.25, 0.3) is 10.0 Å². The minimum absolute atomic E-state index is 0.0548. The maximum atomic E-state index is 12.7. The van der Waals surface area contributed by atoms with Crippen LogP contribution in [0.2, 0.25) is 5.02 Å². The number of hydrogen-bond donors (Lipinski definition) is 2. The fourth-order valence-corrected chi connectivity index (χ4v) is 4.13. The Hall–Kier alpha value is -2.34. The molecule has 0 radical (unpaired) electrons. The number of rotatable bonds is 5. The highest BCUT2D eigenvalue weighted by atomic mass is 35.5. The molecule has 1 unspecified atom stereocenters. The molecule has 0 aromatic heterocycles. The third-order valence-electron chi connectivity index (χ3n) is 4.14. The van der Waals surface area contributed by atoms with Gasteiger partial charge in [-0.2, -0.15) is 0 Å². The second-order valence-electron chi connectivity index (χ2n) is 6.05. The summed E-state index contributed by atoms with van der Waals surface area (Å²) in [5, 5.41) is 11.4. The van der Waals surface area contributed by atoms with Gasteiger partial charge in [-0.05, 0) is 36.8 Å². The van der Waals surface area contributed by atoms with Crippen LogP contribution in [0.5, 0.6) is 0 Å². The standard InChI is InChI=1S/C20H18ClNO3S/c1-20(23,15-8-3-2-4-9-15)18-12-5-6-13-19(18)22-26(24,25)17-11-7-10-16(21)14-17/h2-14,22-23H,1H3. The van der Waals surface area contributed by atoms with Gasteiger partial charge in [0, 0.05) is 10.6 Å². The summed E-state index contributed by atoms with van der Waals surface area (Å²) in [7, 11) is -3.85. The average molecular weight is 388 g/mol. The summed E-state index contributed by atoms with van der Waals surface area (Å²) in [6, 6.07) is 21.9. The quantitative estimate of drug-likeness (QED) is 0.682. The maximum Gasteiger partial charge on any atom is 0.261 e. The Morgan fingerprint density at radius 2 is 1.58 bits per heavy atom. The summed E-state index contributed by atoms with van der Waals surface area (Å²) < 4.78 is 28.0. The largest absolute Gasteiger partial charge is 0.381 e. The Kier molecular flexibility index (Phi) is 5.05. The van der Waals surface area contributed by atoms with E-state index >= 15 is 0 Å². The molecule has 0 aliphatic carbocycles. The van der Waals surface area contributed by atoms with Crippen molar-refractivity contribution in [3.8, 4) is 0 Å². The first-order valence-corrected chi connectivity index (χ1v) is 9.82. The van der Waals surface area contributed by atoms with Crippen molar-refractivity contribution in [2.75, 3.05) is 4.72 Å². The van der Waals surface area contributed by atoms with E-state index < -0.39 is 15.6 Å². The molecule has 3 aromatic rings. The first-order chi connectivity index (χ1) is 12.3. The highest BCUT2D eigenvalue weighted by molar-refractivity contribution is 7.92. The maximum absolute atomic E-state index is 12.7. The Morgan fingerprint density at radius 1 is 0.923 bits per heavy atom. The van der Waals surface area contributed by atoms with Crippen LogP contribution in [0.25, 0.3) is 0 Å². The number of aliphatic hydroxyl groups is 1. The third-order valence-corrected chi connectivity index (χ3v) is 5.74. The van der Waals surface area contributed by atoms with Crippen LogP contribution in [0.15, 0.2) is 83.8 Å². The van der Waals surface area contributed by atoms with Crippen molar-refractivity contribution < 1.29 is 13.5 Å². The zero-order chi connectivity index (χ0) is 18.8. The van der Waals surface area contributed by atoms with Crippen LogP contribution in [0, 0.1) is 0 Å². The molecule has 0 bridgehead atoms. The molecule has 0 heterocycles. The lowest BCUT2D eigenvalue weighted by molar-refractivity contribution is 0.103. The van der Waals surface area contributed by atoms with E-state index in [2.05, 4.69) is 4.72 Å². The minimum atomic E-state index is -3.85. The van der Waals surface area contributed by atoms with E-state index in [1.165, 1.54) is 12.1 Å². The summed E-state index contributed by atoms with van der Waals surface area (Å²) in [6.45, 7) is 1.63. The Bertz CT molecular complexity index is 1020.